The molecule has 0 spiro atoms. The summed E-state index contributed by atoms with van der Waals surface area (Å²) in [7, 11) is 0. The lowest BCUT2D eigenvalue weighted by molar-refractivity contribution is 0.509. The zero-order chi connectivity index (χ0) is 11.5. The summed E-state index contributed by atoms with van der Waals surface area (Å²) in [6, 6.07) is 5.46. The van der Waals surface area contributed by atoms with Crippen LogP contribution in [0.3, 0.4) is 0 Å². The Morgan fingerprint density at radius 3 is 2.75 bits per heavy atom. The van der Waals surface area contributed by atoms with Crippen molar-refractivity contribution in [3.63, 3.8) is 0 Å². The third kappa shape index (κ3) is 2.78. The van der Waals surface area contributed by atoms with Crippen LogP contribution in [0.5, 0.6) is 0 Å². The van der Waals surface area contributed by atoms with E-state index in [9.17, 15) is 0 Å². The summed E-state index contributed by atoms with van der Waals surface area (Å²) >= 11 is 15.3. The highest BCUT2D eigenvalue weighted by Gasteiger charge is 2.14. The molecule has 16 heavy (non-hydrogen) atoms. The van der Waals surface area contributed by atoms with E-state index in [1.165, 1.54) is 0 Å². The zero-order valence-corrected chi connectivity index (χ0v) is 11.3. The number of nitrogens with zero attached hydrogens (tertiary/aromatic N) is 1. The van der Waals surface area contributed by atoms with Crippen molar-refractivity contribution in [3.8, 4) is 0 Å². The molecule has 0 radical (unpaired) electrons. The molecule has 2 rings (SSSR count). The second kappa shape index (κ2) is 5.21. The fourth-order valence-corrected chi connectivity index (χ4v) is 2.30. The average Bonchev–Trinajstić information content (AvgIpc) is 2.68. The lowest BCUT2D eigenvalue weighted by atomic mass is 10.1. The smallest absolute Gasteiger partial charge is 0.193 e. The highest BCUT2D eigenvalue weighted by molar-refractivity contribution is 9.09. The lowest BCUT2D eigenvalue weighted by Crippen LogP contribution is -1.95. The van der Waals surface area contributed by atoms with Crippen LogP contribution in [0.4, 0.5) is 0 Å². The van der Waals surface area contributed by atoms with Gasteiger partial charge in [0, 0.05) is 12.4 Å². The normalized spacial score (nSPS) is 12.7. The van der Waals surface area contributed by atoms with E-state index in [1.54, 1.807) is 18.5 Å². The van der Waals surface area contributed by atoms with E-state index in [1.807, 2.05) is 12.1 Å². The number of furan rings is 1. The van der Waals surface area contributed by atoms with Gasteiger partial charge in [-0.05, 0) is 41.8 Å². The van der Waals surface area contributed by atoms with Crippen LogP contribution in [0, 0.1) is 0 Å². The Labute approximate surface area is 112 Å². The molecular formula is C11H8BrCl2NO. The molecule has 0 saturated heterocycles. The number of hydrogen-bond acceptors (Lipinski definition) is 2. The monoisotopic (exact) mass is 319 g/mol. The maximum atomic E-state index is 6.02. The van der Waals surface area contributed by atoms with E-state index in [2.05, 4.69) is 20.9 Å². The molecule has 0 bridgehead atoms. The standard InChI is InChI=1S/C11H8BrCl2NO/c12-8(10-1-2-11(14)16-10)5-7-3-4-15-6-9(7)13/h1-4,6,8H,5H2. The molecule has 2 heterocycles. The molecule has 0 fully saturated rings. The first-order chi connectivity index (χ1) is 7.66. The predicted octanol–water partition coefficient (Wildman–Crippen LogP) is 4.66. The summed E-state index contributed by atoms with van der Waals surface area (Å²) in [6.45, 7) is 0. The number of hydrogen-bond donors (Lipinski definition) is 0. The summed E-state index contributed by atoms with van der Waals surface area (Å²) in [6.07, 6.45) is 4.08. The fourth-order valence-electron chi connectivity index (χ4n) is 1.36. The van der Waals surface area contributed by atoms with Crippen LogP contribution in [-0.4, -0.2) is 4.98 Å². The first kappa shape index (κ1) is 12.0. The molecule has 2 aromatic heterocycles. The molecule has 0 aliphatic carbocycles. The Balaban J connectivity index is 2.13. The maximum Gasteiger partial charge on any atom is 0.193 e. The Morgan fingerprint density at radius 1 is 1.31 bits per heavy atom. The van der Waals surface area contributed by atoms with Gasteiger partial charge in [-0.15, -0.1) is 0 Å². The molecule has 1 atom stereocenters. The Morgan fingerprint density at radius 2 is 2.12 bits per heavy atom. The van der Waals surface area contributed by atoms with Gasteiger partial charge in [-0.1, -0.05) is 27.5 Å². The van der Waals surface area contributed by atoms with Gasteiger partial charge >= 0.3 is 0 Å². The van der Waals surface area contributed by atoms with Crippen molar-refractivity contribution in [1.29, 1.82) is 0 Å². The summed E-state index contributed by atoms with van der Waals surface area (Å²) in [5, 5.41) is 1.05. The van der Waals surface area contributed by atoms with E-state index >= 15 is 0 Å². The second-order valence-corrected chi connectivity index (χ2v) is 5.17. The SMILES string of the molecule is Clc1ccc(C(Br)Cc2ccncc2Cl)o1. The molecule has 0 amide bonds. The molecule has 2 nitrogen and oxygen atoms in total. The van der Waals surface area contributed by atoms with Crippen molar-refractivity contribution >= 4 is 39.1 Å². The van der Waals surface area contributed by atoms with Crippen LogP contribution in [0.25, 0.3) is 0 Å². The van der Waals surface area contributed by atoms with Gasteiger partial charge in [0.25, 0.3) is 0 Å². The van der Waals surface area contributed by atoms with Crippen molar-refractivity contribution in [2.24, 2.45) is 0 Å². The highest BCUT2D eigenvalue weighted by Crippen LogP contribution is 2.31. The van der Waals surface area contributed by atoms with Gasteiger partial charge in [-0.2, -0.15) is 0 Å². The number of pyridine rings is 1. The number of halogens is 3. The van der Waals surface area contributed by atoms with Crippen LogP contribution in [0.1, 0.15) is 16.2 Å². The summed E-state index contributed by atoms with van der Waals surface area (Å²) in [5.74, 6) is 0.790. The van der Waals surface area contributed by atoms with Gasteiger partial charge in [0.05, 0.1) is 9.85 Å². The first-order valence-corrected chi connectivity index (χ1v) is 6.31. The number of rotatable bonds is 3. The zero-order valence-electron chi connectivity index (χ0n) is 8.16. The summed E-state index contributed by atoms with van der Waals surface area (Å²) < 4.78 is 5.32. The highest BCUT2D eigenvalue weighted by atomic mass is 79.9. The van der Waals surface area contributed by atoms with Gasteiger partial charge in [0.15, 0.2) is 5.22 Å². The number of aromatic nitrogens is 1. The van der Waals surface area contributed by atoms with Crippen LogP contribution in [0.15, 0.2) is 35.0 Å². The molecule has 0 aliphatic heterocycles. The van der Waals surface area contributed by atoms with Gasteiger partial charge in [-0.3, -0.25) is 4.98 Å². The number of alkyl halides is 1. The van der Waals surface area contributed by atoms with Crippen molar-refractivity contribution in [2.75, 3.05) is 0 Å². The minimum Gasteiger partial charge on any atom is -0.449 e. The van der Waals surface area contributed by atoms with Crippen LogP contribution >= 0.6 is 39.1 Å². The molecule has 1 unspecified atom stereocenters. The molecule has 0 N–H and O–H groups in total. The van der Waals surface area contributed by atoms with Gasteiger partial charge < -0.3 is 4.42 Å². The molecule has 84 valence electrons. The van der Waals surface area contributed by atoms with Crippen molar-refractivity contribution in [3.05, 3.63) is 52.2 Å². The van der Waals surface area contributed by atoms with Gasteiger partial charge in [-0.25, -0.2) is 0 Å². The molecule has 0 saturated carbocycles. The molecule has 0 aromatic carbocycles. The average molecular weight is 321 g/mol. The first-order valence-electron chi connectivity index (χ1n) is 4.64. The van der Waals surface area contributed by atoms with Gasteiger partial charge in [0.2, 0.25) is 0 Å². The Kier molecular flexibility index (Phi) is 3.90. The van der Waals surface area contributed by atoms with E-state index in [0.717, 1.165) is 17.7 Å². The molecule has 2 aromatic rings. The predicted molar refractivity (Wildman–Crippen MR) is 68.3 cm³/mol. The maximum absolute atomic E-state index is 6.02. The molecular weight excluding hydrogens is 313 g/mol. The third-order valence-electron chi connectivity index (χ3n) is 2.16. The van der Waals surface area contributed by atoms with Crippen LogP contribution in [0.2, 0.25) is 10.2 Å². The minimum atomic E-state index is 0.0555. The van der Waals surface area contributed by atoms with Crippen molar-refractivity contribution in [2.45, 2.75) is 11.2 Å². The Bertz CT molecular complexity index is 486. The quantitative estimate of drug-likeness (QED) is 0.769. The summed E-state index contributed by atoms with van der Waals surface area (Å²) in [4.78, 5) is 3.99. The third-order valence-corrected chi connectivity index (χ3v) is 3.48. The lowest BCUT2D eigenvalue weighted by Gasteiger charge is -2.07. The van der Waals surface area contributed by atoms with Crippen molar-refractivity contribution in [1.82, 2.24) is 4.98 Å². The van der Waals surface area contributed by atoms with Crippen LogP contribution in [-0.2, 0) is 6.42 Å². The summed E-state index contributed by atoms with van der Waals surface area (Å²) in [5.41, 5.74) is 1.02. The minimum absolute atomic E-state index is 0.0555. The molecule has 0 aliphatic rings. The Hall–Kier alpha value is -0.510. The van der Waals surface area contributed by atoms with E-state index in [0.29, 0.717) is 10.2 Å². The van der Waals surface area contributed by atoms with Crippen LogP contribution < -0.4 is 0 Å². The second-order valence-electron chi connectivity index (χ2n) is 3.28. The molecule has 5 heteroatoms. The van der Waals surface area contributed by atoms with Gasteiger partial charge in [0.1, 0.15) is 5.76 Å². The fraction of sp³-hybridized carbons (Fsp3) is 0.182. The van der Waals surface area contributed by atoms with E-state index in [4.69, 9.17) is 27.6 Å². The van der Waals surface area contributed by atoms with E-state index < -0.39 is 0 Å². The van der Waals surface area contributed by atoms with E-state index in [-0.39, 0.29) is 4.83 Å². The largest absolute Gasteiger partial charge is 0.449 e. The topological polar surface area (TPSA) is 26.0 Å². The van der Waals surface area contributed by atoms with Crippen molar-refractivity contribution < 1.29 is 4.42 Å².